The van der Waals surface area contributed by atoms with Gasteiger partial charge in [0.1, 0.15) is 0 Å². The van der Waals surface area contributed by atoms with E-state index < -0.39 is 0 Å². The molecule has 0 saturated carbocycles. The molecule has 1 aromatic heterocycles. The van der Waals surface area contributed by atoms with Crippen molar-refractivity contribution in [2.24, 2.45) is 10.9 Å². The number of fused-ring (bicyclic) bond motifs is 5. The summed E-state index contributed by atoms with van der Waals surface area (Å²) in [5.41, 5.74) is 13.4. The molecular weight excluding hydrogens is 641 g/mol. The minimum atomic E-state index is 0.283. The number of allylic oxidation sites excluding steroid dienone is 1. The number of benzene rings is 7. The van der Waals surface area contributed by atoms with Crippen molar-refractivity contribution < 1.29 is 0 Å². The van der Waals surface area contributed by atoms with E-state index in [0.717, 1.165) is 42.7 Å². The van der Waals surface area contributed by atoms with Crippen LogP contribution in [0.25, 0.3) is 65.9 Å². The number of aromatic nitrogens is 1. The van der Waals surface area contributed by atoms with Crippen molar-refractivity contribution in [3.63, 3.8) is 0 Å². The van der Waals surface area contributed by atoms with Crippen molar-refractivity contribution in [3.05, 3.63) is 168 Å². The highest BCUT2D eigenvalue weighted by Crippen LogP contribution is 2.41. The summed E-state index contributed by atoms with van der Waals surface area (Å²) in [6.07, 6.45) is 4.05. The summed E-state index contributed by atoms with van der Waals surface area (Å²) < 4.78 is 2.52. The lowest BCUT2D eigenvalue weighted by molar-refractivity contribution is 0.741. The summed E-state index contributed by atoms with van der Waals surface area (Å²) in [4.78, 5) is 5.73. The van der Waals surface area contributed by atoms with E-state index in [1.54, 1.807) is 0 Å². The van der Waals surface area contributed by atoms with Gasteiger partial charge in [0.25, 0.3) is 0 Å². The zero-order valence-corrected chi connectivity index (χ0v) is 31.7. The summed E-state index contributed by atoms with van der Waals surface area (Å²) >= 11 is 0. The number of para-hydroxylation sites is 1. The molecule has 2 nitrogen and oxygen atoms in total. The second kappa shape index (κ2) is 14.7. The molecule has 0 aliphatic rings. The first kappa shape index (κ1) is 34.4. The average Bonchev–Trinajstić information content (AvgIpc) is 3.52. The molecule has 0 aliphatic heterocycles. The molecule has 8 aromatic rings. The average molecular weight is 689 g/mol. The zero-order chi connectivity index (χ0) is 36.5. The second-order valence-corrected chi connectivity index (χ2v) is 14.5. The normalized spacial score (nSPS) is 13.3. The summed E-state index contributed by atoms with van der Waals surface area (Å²) in [7, 11) is 0. The fourth-order valence-corrected chi connectivity index (χ4v) is 8.05. The fraction of sp³-hybridized carbons (Fsp3) is 0.196. The highest BCUT2D eigenvalue weighted by molar-refractivity contribution is 6.15. The van der Waals surface area contributed by atoms with E-state index in [2.05, 4.69) is 185 Å². The number of hydrogen-bond acceptors (Lipinski definition) is 1. The van der Waals surface area contributed by atoms with Gasteiger partial charge in [-0.1, -0.05) is 155 Å². The summed E-state index contributed by atoms with van der Waals surface area (Å²) in [5, 5.41) is 7.53. The van der Waals surface area contributed by atoms with Gasteiger partial charge in [0.2, 0.25) is 0 Å². The molecule has 0 spiro atoms. The van der Waals surface area contributed by atoms with E-state index in [0.29, 0.717) is 0 Å². The molecule has 0 saturated heterocycles. The largest absolute Gasteiger partial charge is 0.309 e. The summed E-state index contributed by atoms with van der Waals surface area (Å²) in [5.74, 6) is 0.283. The van der Waals surface area contributed by atoms with Crippen molar-refractivity contribution in [3.8, 4) is 16.8 Å². The molecule has 1 atom stereocenters. The number of aliphatic imine (C=N–C) groups is 1. The lowest BCUT2D eigenvalue weighted by atomic mass is 9.91. The smallest absolute Gasteiger partial charge is 0.0695 e. The van der Waals surface area contributed by atoms with Crippen molar-refractivity contribution in [2.75, 3.05) is 0 Å². The Labute approximate surface area is 314 Å². The predicted molar refractivity (Wildman–Crippen MR) is 231 cm³/mol. The highest BCUT2D eigenvalue weighted by atomic mass is 15.0. The van der Waals surface area contributed by atoms with Crippen LogP contribution in [0.5, 0.6) is 0 Å². The molecule has 53 heavy (non-hydrogen) atoms. The Hall–Kier alpha value is -5.73. The molecule has 262 valence electrons. The van der Waals surface area contributed by atoms with Gasteiger partial charge in [0.05, 0.1) is 28.1 Å². The Balaban J connectivity index is 1.45. The van der Waals surface area contributed by atoms with Crippen LogP contribution in [0.4, 0.5) is 0 Å². The van der Waals surface area contributed by atoms with Gasteiger partial charge in [-0.2, -0.15) is 0 Å². The molecule has 0 aliphatic carbocycles. The van der Waals surface area contributed by atoms with Gasteiger partial charge >= 0.3 is 0 Å². The Kier molecular flexibility index (Phi) is 9.54. The van der Waals surface area contributed by atoms with Crippen molar-refractivity contribution >= 4 is 54.8 Å². The van der Waals surface area contributed by atoms with E-state index in [9.17, 15) is 0 Å². The maximum absolute atomic E-state index is 5.73. The van der Waals surface area contributed by atoms with Crippen LogP contribution in [0.3, 0.4) is 0 Å². The number of hydrogen-bond donors (Lipinski definition) is 0. The molecule has 8 rings (SSSR count). The molecule has 0 N–H and O–H groups in total. The highest BCUT2D eigenvalue weighted by Gasteiger charge is 2.21. The van der Waals surface area contributed by atoms with Gasteiger partial charge in [-0.15, -0.1) is 0 Å². The van der Waals surface area contributed by atoms with Crippen LogP contribution in [0, 0.1) is 5.92 Å². The van der Waals surface area contributed by atoms with Gasteiger partial charge in [-0.25, -0.2) is 0 Å². The maximum atomic E-state index is 5.73. The SMILES string of the molecule is CCCc1ccccc1-c1ccc(C(/N=C(/c2cccc3ccccc23)C(C)CC)=C(/C)CC)cc1-n1c2ccccc2c2cc3ccccc3cc21. The third-order valence-electron chi connectivity index (χ3n) is 11.2. The van der Waals surface area contributed by atoms with Crippen LogP contribution < -0.4 is 0 Å². The maximum Gasteiger partial charge on any atom is 0.0695 e. The van der Waals surface area contributed by atoms with Crippen molar-refractivity contribution in [2.45, 2.75) is 60.3 Å². The molecule has 0 fully saturated rings. The molecule has 7 aromatic carbocycles. The third-order valence-corrected chi connectivity index (χ3v) is 11.2. The minimum Gasteiger partial charge on any atom is -0.309 e. The zero-order valence-electron chi connectivity index (χ0n) is 31.7. The van der Waals surface area contributed by atoms with Gasteiger partial charge in [0.15, 0.2) is 0 Å². The van der Waals surface area contributed by atoms with E-state index in [1.807, 2.05) is 0 Å². The van der Waals surface area contributed by atoms with Crippen LogP contribution in [0.2, 0.25) is 0 Å². The Bertz CT molecular complexity index is 2680. The van der Waals surface area contributed by atoms with Crippen LogP contribution in [0.1, 0.15) is 70.6 Å². The Morgan fingerprint density at radius 3 is 2.06 bits per heavy atom. The van der Waals surface area contributed by atoms with Crippen LogP contribution >= 0.6 is 0 Å². The fourth-order valence-electron chi connectivity index (χ4n) is 8.05. The van der Waals surface area contributed by atoms with Crippen molar-refractivity contribution in [1.29, 1.82) is 0 Å². The number of rotatable bonds is 10. The standard InChI is InChI=1S/C51H48N2/c1-6-18-36-19-11-13-24-41(36)44-30-29-40(50(34(4)7-2)52-51(35(5)8-3)45-27-17-23-37-20-12-14-25-42(37)45)33-48(44)53-47-28-16-15-26-43(47)46-31-38-21-9-10-22-39(38)32-49(46)53/h9-17,19-33,35H,6-8,18H2,1-5H3/b50-34+,52-51+. The molecule has 2 heteroatoms. The summed E-state index contributed by atoms with van der Waals surface area (Å²) in [6.45, 7) is 11.4. The molecule has 0 amide bonds. The van der Waals surface area contributed by atoms with Gasteiger partial charge in [-0.05, 0) is 94.6 Å². The number of nitrogens with zero attached hydrogens (tertiary/aromatic N) is 2. The quantitative estimate of drug-likeness (QED) is 0.127. The van der Waals surface area contributed by atoms with E-state index in [-0.39, 0.29) is 5.92 Å². The molecule has 1 unspecified atom stereocenters. The third kappa shape index (κ3) is 6.27. The van der Waals surface area contributed by atoms with Crippen LogP contribution in [-0.2, 0) is 6.42 Å². The molecule has 0 radical (unpaired) electrons. The summed E-state index contributed by atoms with van der Waals surface area (Å²) in [6, 6.07) is 53.8. The van der Waals surface area contributed by atoms with E-state index in [1.165, 1.54) is 76.9 Å². The Morgan fingerprint density at radius 1 is 0.604 bits per heavy atom. The lowest BCUT2D eigenvalue weighted by Crippen LogP contribution is -2.13. The van der Waals surface area contributed by atoms with Crippen LogP contribution in [0.15, 0.2) is 156 Å². The predicted octanol–water partition coefficient (Wildman–Crippen LogP) is 14.4. The first-order valence-electron chi connectivity index (χ1n) is 19.4. The topological polar surface area (TPSA) is 17.3 Å². The number of aryl methyl sites for hydroxylation is 1. The van der Waals surface area contributed by atoms with Gasteiger partial charge in [0, 0.05) is 27.5 Å². The van der Waals surface area contributed by atoms with Crippen molar-refractivity contribution in [1.82, 2.24) is 4.57 Å². The first-order chi connectivity index (χ1) is 26.0. The Morgan fingerprint density at radius 2 is 1.28 bits per heavy atom. The minimum absolute atomic E-state index is 0.283. The molecular formula is C51H48N2. The van der Waals surface area contributed by atoms with E-state index >= 15 is 0 Å². The first-order valence-corrected chi connectivity index (χ1v) is 19.4. The molecule has 1 heterocycles. The van der Waals surface area contributed by atoms with Gasteiger partial charge < -0.3 is 4.57 Å². The van der Waals surface area contributed by atoms with Gasteiger partial charge in [-0.3, -0.25) is 4.99 Å². The van der Waals surface area contributed by atoms with Crippen LogP contribution in [-0.4, -0.2) is 10.3 Å². The lowest BCUT2D eigenvalue weighted by Gasteiger charge is -2.21. The van der Waals surface area contributed by atoms with E-state index in [4.69, 9.17) is 4.99 Å². The monoisotopic (exact) mass is 688 g/mol. The second-order valence-electron chi connectivity index (χ2n) is 14.5. The molecule has 0 bridgehead atoms.